The van der Waals surface area contributed by atoms with Crippen LogP contribution in [0, 0.1) is 28.6 Å². The lowest BCUT2D eigenvalue weighted by Crippen LogP contribution is -2.47. The first-order chi connectivity index (χ1) is 17.7. The number of carbonyl (C=O) groups is 3. The summed E-state index contributed by atoms with van der Waals surface area (Å²) < 4.78 is 16.7. The van der Waals surface area contributed by atoms with Gasteiger partial charge in [0, 0.05) is 5.92 Å². The van der Waals surface area contributed by atoms with E-state index in [1.54, 1.807) is 60.6 Å². The Kier molecular flexibility index (Phi) is 10.2. The molecular weight excluding hydrogens is 492 g/mol. The molecule has 0 bridgehead atoms. The van der Waals surface area contributed by atoms with E-state index >= 15 is 0 Å². The van der Waals surface area contributed by atoms with E-state index in [4.69, 9.17) is 19.6 Å². The maximum Gasteiger partial charge on any atom is 0.408 e. The number of nitrogens with one attached hydrogen (secondary N) is 4. The van der Waals surface area contributed by atoms with Crippen molar-refractivity contribution >= 4 is 30.1 Å². The third-order valence-corrected chi connectivity index (χ3v) is 5.71. The molecule has 1 aliphatic rings. The van der Waals surface area contributed by atoms with Gasteiger partial charge in [0.1, 0.15) is 30.7 Å². The number of rotatable bonds is 9. The SMILES string of the molecule is CC(C)C(=O)NC(=NC=N)c1ccc([C@@]2(C#N)CC[C@@H](COC(=O)[C@@H](NC(=O)OC(C)(C)C)C(C)C)O2)[nH]1. The zero-order valence-corrected chi connectivity index (χ0v) is 23.0. The molecular formula is C26H38N6O6. The second-order valence-corrected chi connectivity index (χ2v) is 10.8. The molecule has 0 aromatic carbocycles. The molecule has 1 aliphatic heterocycles. The minimum Gasteiger partial charge on any atom is -0.461 e. The number of aromatic nitrogens is 1. The molecule has 4 N–H and O–H groups in total. The molecule has 2 amide bonds. The van der Waals surface area contributed by atoms with Gasteiger partial charge in [0.15, 0.2) is 11.4 Å². The molecule has 12 heteroatoms. The van der Waals surface area contributed by atoms with Crippen LogP contribution >= 0.6 is 0 Å². The van der Waals surface area contributed by atoms with Crippen molar-refractivity contribution < 1.29 is 28.6 Å². The Morgan fingerprint density at radius 3 is 2.55 bits per heavy atom. The lowest BCUT2D eigenvalue weighted by molar-refractivity contribution is -0.152. The van der Waals surface area contributed by atoms with Crippen molar-refractivity contribution in [2.24, 2.45) is 16.8 Å². The van der Waals surface area contributed by atoms with Crippen LogP contribution in [0.25, 0.3) is 0 Å². The van der Waals surface area contributed by atoms with E-state index in [1.165, 1.54) is 0 Å². The monoisotopic (exact) mass is 530 g/mol. The highest BCUT2D eigenvalue weighted by Crippen LogP contribution is 2.38. The Bertz CT molecular complexity index is 1100. The molecule has 1 aromatic heterocycles. The molecule has 0 aliphatic carbocycles. The highest BCUT2D eigenvalue weighted by Gasteiger charge is 2.44. The number of aliphatic imine (C=N–C) groups is 1. The minimum absolute atomic E-state index is 0.0972. The summed E-state index contributed by atoms with van der Waals surface area (Å²) in [6.07, 6.45) is 0.341. The van der Waals surface area contributed by atoms with E-state index in [9.17, 15) is 19.6 Å². The average molecular weight is 531 g/mol. The van der Waals surface area contributed by atoms with Crippen LogP contribution in [0.1, 0.15) is 72.7 Å². The number of esters is 1. The maximum absolute atomic E-state index is 12.7. The topological polar surface area (TPSA) is 179 Å². The second kappa shape index (κ2) is 12.7. The van der Waals surface area contributed by atoms with E-state index < -0.39 is 35.4 Å². The highest BCUT2D eigenvalue weighted by molar-refractivity contribution is 6.09. The van der Waals surface area contributed by atoms with Gasteiger partial charge in [-0.05, 0) is 51.7 Å². The smallest absolute Gasteiger partial charge is 0.408 e. The Labute approximate surface area is 223 Å². The molecule has 0 saturated carbocycles. The number of alkyl carbamates (subject to hydrolysis) is 1. The Hall–Kier alpha value is -3.72. The van der Waals surface area contributed by atoms with Crippen molar-refractivity contribution in [3.8, 4) is 6.07 Å². The first kappa shape index (κ1) is 30.5. The van der Waals surface area contributed by atoms with Crippen LogP contribution in [0.15, 0.2) is 17.1 Å². The van der Waals surface area contributed by atoms with E-state index in [-0.39, 0.29) is 30.2 Å². The first-order valence-corrected chi connectivity index (χ1v) is 12.5. The second-order valence-electron chi connectivity index (χ2n) is 10.8. The normalized spacial score (nSPS) is 20.5. The van der Waals surface area contributed by atoms with Crippen LogP contribution < -0.4 is 10.6 Å². The number of H-pyrrole nitrogens is 1. The lowest BCUT2D eigenvalue weighted by Gasteiger charge is -2.25. The third-order valence-electron chi connectivity index (χ3n) is 5.71. The number of nitrogens with zero attached hydrogens (tertiary/aromatic N) is 2. The van der Waals surface area contributed by atoms with Crippen LogP contribution in [-0.2, 0) is 29.4 Å². The summed E-state index contributed by atoms with van der Waals surface area (Å²) in [5.41, 5.74) is -1.16. The van der Waals surface area contributed by atoms with Gasteiger partial charge in [0.2, 0.25) is 5.91 Å². The molecule has 1 aromatic rings. The lowest BCUT2D eigenvalue weighted by atomic mass is 9.98. The van der Waals surface area contributed by atoms with Crippen molar-refractivity contribution in [3.05, 3.63) is 23.5 Å². The number of carbonyl (C=O) groups excluding carboxylic acids is 3. The van der Waals surface area contributed by atoms with E-state index in [0.29, 0.717) is 24.2 Å². The van der Waals surface area contributed by atoms with Gasteiger partial charge in [0.25, 0.3) is 0 Å². The zero-order valence-electron chi connectivity index (χ0n) is 23.0. The molecule has 1 saturated heterocycles. The molecule has 3 atom stereocenters. The van der Waals surface area contributed by atoms with Crippen LogP contribution in [0.4, 0.5) is 4.79 Å². The fourth-order valence-electron chi connectivity index (χ4n) is 3.69. The van der Waals surface area contributed by atoms with Gasteiger partial charge in [-0.15, -0.1) is 0 Å². The fourth-order valence-corrected chi connectivity index (χ4v) is 3.69. The van der Waals surface area contributed by atoms with Gasteiger partial charge in [-0.3, -0.25) is 10.2 Å². The quantitative estimate of drug-likeness (QED) is 0.215. The van der Waals surface area contributed by atoms with Crippen molar-refractivity contribution in [2.75, 3.05) is 6.61 Å². The molecule has 12 nitrogen and oxygen atoms in total. The summed E-state index contributed by atoms with van der Waals surface area (Å²) in [5, 5.41) is 22.5. The van der Waals surface area contributed by atoms with Crippen molar-refractivity contribution in [1.29, 1.82) is 10.7 Å². The molecule has 1 fully saturated rings. The number of ether oxygens (including phenoxy) is 3. The molecule has 0 radical (unpaired) electrons. The number of amidine groups is 1. The maximum atomic E-state index is 12.7. The van der Waals surface area contributed by atoms with Gasteiger partial charge in [0.05, 0.1) is 17.5 Å². The van der Waals surface area contributed by atoms with Gasteiger partial charge in [-0.25, -0.2) is 14.6 Å². The van der Waals surface area contributed by atoms with Gasteiger partial charge in [-0.1, -0.05) is 27.7 Å². The number of aromatic amines is 1. The summed E-state index contributed by atoms with van der Waals surface area (Å²) in [7, 11) is 0. The number of hydrogen-bond donors (Lipinski definition) is 4. The van der Waals surface area contributed by atoms with Gasteiger partial charge < -0.3 is 29.8 Å². The van der Waals surface area contributed by atoms with E-state index in [2.05, 4.69) is 26.7 Å². The first-order valence-electron chi connectivity index (χ1n) is 12.5. The summed E-state index contributed by atoms with van der Waals surface area (Å²) in [6, 6.07) is 4.60. The summed E-state index contributed by atoms with van der Waals surface area (Å²) in [4.78, 5) is 44.0. The molecule has 38 heavy (non-hydrogen) atoms. The minimum atomic E-state index is -1.32. The highest BCUT2D eigenvalue weighted by atomic mass is 16.6. The standard InChI is InChI=1S/C26H38N6O6/c1-15(2)20(31-24(35)38-25(5,6)7)23(34)36-12-17-10-11-26(13-27,37-17)19-9-8-18(30-19)21(29-14-28)32-22(33)16(3)4/h8-9,14-17,20,30H,10-12H2,1-7H3,(H,31,35)(H2,28,29,32,33)/t17-,20-,26-/m0/s1. The summed E-state index contributed by atoms with van der Waals surface area (Å²) >= 11 is 0. The fraction of sp³-hybridized carbons (Fsp3) is 0.615. The van der Waals surface area contributed by atoms with Crippen LogP contribution in [0.3, 0.4) is 0 Å². The largest absolute Gasteiger partial charge is 0.461 e. The zero-order chi connectivity index (χ0) is 28.7. The van der Waals surface area contributed by atoms with Crippen molar-refractivity contribution in [3.63, 3.8) is 0 Å². The molecule has 2 rings (SSSR count). The third kappa shape index (κ3) is 8.14. The van der Waals surface area contributed by atoms with E-state index in [1.807, 2.05) is 0 Å². The Balaban J connectivity index is 2.07. The summed E-state index contributed by atoms with van der Waals surface area (Å²) in [6.45, 7) is 12.1. The van der Waals surface area contributed by atoms with Crippen LogP contribution in [-0.4, -0.2) is 59.5 Å². The predicted octanol–water partition coefficient (Wildman–Crippen LogP) is 3.13. The Morgan fingerprint density at radius 1 is 1.32 bits per heavy atom. The van der Waals surface area contributed by atoms with Crippen LogP contribution in [0.5, 0.6) is 0 Å². The molecule has 0 spiro atoms. The van der Waals surface area contributed by atoms with Gasteiger partial charge >= 0.3 is 12.1 Å². The number of hydrogen-bond acceptors (Lipinski definition) is 8. The van der Waals surface area contributed by atoms with E-state index in [0.717, 1.165) is 6.34 Å². The predicted molar refractivity (Wildman–Crippen MR) is 139 cm³/mol. The molecule has 0 unspecified atom stereocenters. The molecule has 2 heterocycles. The van der Waals surface area contributed by atoms with Crippen molar-refractivity contribution in [1.82, 2.24) is 15.6 Å². The number of amides is 2. The average Bonchev–Trinajstić information content (AvgIpc) is 3.47. The van der Waals surface area contributed by atoms with Crippen molar-refractivity contribution in [2.45, 2.75) is 84.7 Å². The van der Waals surface area contributed by atoms with Gasteiger partial charge in [-0.2, -0.15) is 5.26 Å². The molecule has 208 valence electrons. The Morgan fingerprint density at radius 2 is 2.00 bits per heavy atom. The summed E-state index contributed by atoms with van der Waals surface area (Å²) in [5.74, 6) is -1.28. The number of nitriles is 1. The van der Waals surface area contributed by atoms with Crippen LogP contribution in [0.2, 0.25) is 0 Å².